The summed E-state index contributed by atoms with van der Waals surface area (Å²) >= 11 is 6.00. The number of aromatic nitrogens is 3. The molecule has 164 valence electrons. The van der Waals surface area contributed by atoms with Gasteiger partial charge in [0.25, 0.3) is 0 Å². The number of aryl methyl sites for hydroxylation is 1. The van der Waals surface area contributed by atoms with Crippen LogP contribution in [0.25, 0.3) is 16.6 Å². The summed E-state index contributed by atoms with van der Waals surface area (Å²) in [5, 5.41) is 12.6. The molecule has 0 radical (unpaired) electrons. The molecule has 33 heavy (non-hydrogen) atoms. The van der Waals surface area contributed by atoms with Crippen molar-refractivity contribution in [2.24, 2.45) is 0 Å². The number of fused-ring (bicyclic) bond motifs is 4. The van der Waals surface area contributed by atoms with E-state index in [0.29, 0.717) is 11.2 Å². The summed E-state index contributed by atoms with van der Waals surface area (Å²) in [5.41, 5.74) is 7.08. The molecule has 5 nitrogen and oxygen atoms in total. The first-order valence-corrected chi connectivity index (χ1v) is 11.3. The maximum atomic E-state index is 11.5. The Morgan fingerprint density at radius 1 is 1.03 bits per heavy atom. The molecule has 5 aromatic rings. The lowest BCUT2D eigenvalue weighted by molar-refractivity contribution is 0.402. The second-order valence-corrected chi connectivity index (χ2v) is 8.85. The third-order valence-corrected chi connectivity index (χ3v) is 6.95. The maximum Gasteiger partial charge on any atom is 0.218 e. The molecule has 2 aromatic heterocycles. The van der Waals surface area contributed by atoms with Crippen LogP contribution in [-0.2, 0) is 6.42 Å². The van der Waals surface area contributed by atoms with Gasteiger partial charge in [-0.3, -0.25) is 4.57 Å². The Morgan fingerprint density at radius 3 is 2.64 bits per heavy atom. The van der Waals surface area contributed by atoms with Crippen molar-refractivity contribution in [1.82, 2.24) is 14.1 Å². The van der Waals surface area contributed by atoms with Crippen LogP contribution in [0.1, 0.15) is 34.1 Å². The van der Waals surface area contributed by atoms with Gasteiger partial charge in [0.05, 0.1) is 18.5 Å². The largest absolute Gasteiger partial charge is 0.496 e. The SMILES string of the molecule is COc1ccccc1C1c2[nH]c3ccccc3c2Cc2c(O)n(-c3cccc(C)c3)c(=S)n21. The van der Waals surface area contributed by atoms with E-state index in [1.54, 1.807) is 11.7 Å². The van der Waals surface area contributed by atoms with Gasteiger partial charge in [-0.05, 0) is 54.5 Å². The van der Waals surface area contributed by atoms with Gasteiger partial charge in [-0.1, -0.05) is 48.5 Å². The predicted octanol–water partition coefficient (Wildman–Crippen LogP) is 6.05. The number of para-hydroxylation sites is 2. The van der Waals surface area contributed by atoms with E-state index in [2.05, 4.69) is 27.8 Å². The topological polar surface area (TPSA) is 55.1 Å². The van der Waals surface area contributed by atoms with E-state index < -0.39 is 0 Å². The first-order valence-electron chi connectivity index (χ1n) is 10.9. The van der Waals surface area contributed by atoms with Crippen LogP contribution in [0.5, 0.6) is 11.6 Å². The molecule has 0 saturated heterocycles. The molecule has 6 rings (SSSR count). The summed E-state index contributed by atoms with van der Waals surface area (Å²) in [6, 6.07) is 24.1. The smallest absolute Gasteiger partial charge is 0.218 e. The summed E-state index contributed by atoms with van der Waals surface area (Å²) in [5.74, 6) is 0.964. The van der Waals surface area contributed by atoms with E-state index in [9.17, 15) is 5.11 Å². The minimum atomic E-state index is -0.253. The lowest BCUT2D eigenvalue weighted by Crippen LogP contribution is -2.22. The molecule has 0 spiro atoms. The van der Waals surface area contributed by atoms with Gasteiger partial charge in [0, 0.05) is 28.6 Å². The van der Waals surface area contributed by atoms with Crippen molar-refractivity contribution in [3.05, 3.63) is 106 Å². The summed E-state index contributed by atoms with van der Waals surface area (Å²) < 4.78 is 10.1. The fourth-order valence-electron chi connectivity index (χ4n) is 5.11. The Hall–Kier alpha value is -3.77. The number of ether oxygens (including phenoxy) is 1. The monoisotopic (exact) mass is 453 g/mol. The van der Waals surface area contributed by atoms with Crippen LogP contribution in [-0.4, -0.2) is 26.3 Å². The number of hydrogen-bond donors (Lipinski definition) is 2. The number of benzene rings is 3. The molecule has 3 heterocycles. The van der Waals surface area contributed by atoms with Gasteiger partial charge in [0.1, 0.15) is 11.8 Å². The number of aromatic amines is 1. The van der Waals surface area contributed by atoms with Crippen molar-refractivity contribution in [1.29, 1.82) is 0 Å². The zero-order chi connectivity index (χ0) is 22.7. The van der Waals surface area contributed by atoms with Gasteiger partial charge in [-0.25, -0.2) is 0 Å². The number of rotatable bonds is 3. The van der Waals surface area contributed by atoms with Gasteiger partial charge in [-0.2, -0.15) is 0 Å². The van der Waals surface area contributed by atoms with Crippen LogP contribution in [0.2, 0.25) is 0 Å². The molecule has 1 aliphatic rings. The van der Waals surface area contributed by atoms with Crippen LogP contribution in [0, 0.1) is 11.7 Å². The lowest BCUT2D eigenvalue weighted by Gasteiger charge is -2.27. The third-order valence-electron chi connectivity index (χ3n) is 6.57. The molecule has 1 unspecified atom stereocenters. The van der Waals surface area contributed by atoms with E-state index in [4.69, 9.17) is 17.0 Å². The lowest BCUT2D eigenvalue weighted by atomic mass is 9.92. The standard InChI is InChI=1S/C27H23N3O2S/c1-16-8-7-9-17(14-16)29-26(31)22-15-20-18-10-3-5-12-21(18)28-24(20)25(30(22)27(29)33)19-11-4-6-13-23(19)32-2/h3-14,25,28,31H,15H2,1-2H3. The zero-order valence-corrected chi connectivity index (χ0v) is 19.2. The number of nitrogens with one attached hydrogen (secondary N) is 1. The average molecular weight is 454 g/mol. The first-order chi connectivity index (χ1) is 16.1. The molecule has 0 bridgehead atoms. The van der Waals surface area contributed by atoms with Crippen molar-refractivity contribution in [3.8, 4) is 17.3 Å². The van der Waals surface area contributed by atoms with Crippen LogP contribution in [0.15, 0.2) is 72.8 Å². The second-order valence-electron chi connectivity index (χ2n) is 8.48. The van der Waals surface area contributed by atoms with Crippen molar-refractivity contribution in [2.45, 2.75) is 19.4 Å². The Morgan fingerprint density at radius 2 is 1.82 bits per heavy atom. The minimum Gasteiger partial charge on any atom is -0.496 e. The van der Waals surface area contributed by atoms with E-state index >= 15 is 0 Å². The number of imidazole rings is 1. The summed E-state index contributed by atoms with van der Waals surface area (Å²) in [6.07, 6.45) is 0.583. The van der Waals surface area contributed by atoms with Crippen molar-refractivity contribution >= 4 is 23.1 Å². The summed E-state index contributed by atoms with van der Waals surface area (Å²) in [6.45, 7) is 2.04. The molecule has 1 atom stereocenters. The molecular formula is C27H23N3O2S. The number of nitrogens with zero attached hydrogens (tertiary/aromatic N) is 2. The molecule has 0 saturated carbocycles. The first kappa shape index (κ1) is 19.9. The van der Waals surface area contributed by atoms with E-state index in [-0.39, 0.29) is 11.9 Å². The number of aromatic hydroxyl groups is 1. The maximum absolute atomic E-state index is 11.5. The van der Waals surface area contributed by atoms with Gasteiger partial charge in [-0.15, -0.1) is 0 Å². The molecule has 0 aliphatic carbocycles. The molecule has 0 amide bonds. The van der Waals surface area contributed by atoms with E-state index in [0.717, 1.165) is 44.9 Å². The second kappa shape index (κ2) is 7.39. The summed E-state index contributed by atoms with van der Waals surface area (Å²) in [7, 11) is 1.68. The fourth-order valence-corrected chi connectivity index (χ4v) is 5.52. The molecule has 1 aliphatic heterocycles. The number of H-pyrrole nitrogens is 1. The van der Waals surface area contributed by atoms with Gasteiger partial charge in [0.15, 0.2) is 4.77 Å². The fraction of sp³-hybridized carbons (Fsp3) is 0.148. The van der Waals surface area contributed by atoms with Crippen molar-refractivity contribution < 1.29 is 9.84 Å². The zero-order valence-electron chi connectivity index (χ0n) is 18.4. The molecule has 0 fully saturated rings. The van der Waals surface area contributed by atoms with Gasteiger partial charge in [0.2, 0.25) is 5.88 Å². The Balaban J connectivity index is 1.69. The molecule has 2 N–H and O–H groups in total. The molecule has 6 heteroatoms. The van der Waals surface area contributed by atoms with Crippen molar-refractivity contribution in [3.63, 3.8) is 0 Å². The Labute approximate surface area is 196 Å². The average Bonchev–Trinajstić information content (AvgIpc) is 3.32. The van der Waals surface area contributed by atoms with Crippen LogP contribution < -0.4 is 4.74 Å². The highest BCUT2D eigenvalue weighted by Gasteiger charge is 2.35. The Bertz CT molecular complexity index is 1590. The normalized spacial score (nSPS) is 14.8. The highest BCUT2D eigenvalue weighted by molar-refractivity contribution is 7.71. The quantitative estimate of drug-likeness (QED) is 0.321. The van der Waals surface area contributed by atoms with E-state index in [1.165, 1.54) is 5.56 Å². The van der Waals surface area contributed by atoms with E-state index in [1.807, 2.05) is 61.5 Å². The van der Waals surface area contributed by atoms with Crippen LogP contribution in [0.4, 0.5) is 0 Å². The number of methoxy groups -OCH3 is 1. The number of hydrogen-bond acceptors (Lipinski definition) is 3. The third kappa shape index (κ3) is 2.87. The van der Waals surface area contributed by atoms with Gasteiger partial charge < -0.3 is 19.4 Å². The highest BCUT2D eigenvalue weighted by Crippen LogP contribution is 2.45. The Kier molecular flexibility index (Phi) is 4.45. The predicted molar refractivity (Wildman–Crippen MR) is 132 cm³/mol. The molecule has 3 aromatic carbocycles. The molecular weight excluding hydrogens is 430 g/mol. The highest BCUT2D eigenvalue weighted by atomic mass is 32.1. The van der Waals surface area contributed by atoms with Crippen molar-refractivity contribution in [2.75, 3.05) is 7.11 Å². The van der Waals surface area contributed by atoms with Crippen LogP contribution in [0.3, 0.4) is 0 Å². The summed E-state index contributed by atoms with van der Waals surface area (Å²) in [4.78, 5) is 3.65. The van der Waals surface area contributed by atoms with Gasteiger partial charge >= 0.3 is 0 Å². The minimum absolute atomic E-state index is 0.182. The van der Waals surface area contributed by atoms with Crippen LogP contribution >= 0.6 is 12.2 Å².